The first-order valence-electron chi connectivity index (χ1n) is 10.8. The highest BCUT2D eigenvalue weighted by atomic mass is 16.4. The van der Waals surface area contributed by atoms with Gasteiger partial charge in [0.05, 0.1) is 23.5 Å². The summed E-state index contributed by atoms with van der Waals surface area (Å²) in [4.78, 5) is 25.2. The molecule has 2 aromatic heterocycles. The molecule has 1 unspecified atom stereocenters. The number of carbonyl (C=O) groups is 1. The lowest BCUT2D eigenvalue weighted by molar-refractivity contribution is -0.142. The first-order chi connectivity index (χ1) is 14.8. The second-order valence-corrected chi connectivity index (χ2v) is 8.53. The summed E-state index contributed by atoms with van der Waals surface area (Å²) in [6.45, 7) is 6.79. The molecule has 0 bridgehead atoms. The molecule has 4 rings (SSSR count). The van der Waals surface area contributed by atoms with Crippen LogP contribution in [0.5, 0.6) is 0 Å². The third-order valence-electron chi connectivity index (χ3n) is 6.15. The van der Waals surface area contributed by atoms with E-state index in [0.717, 1.165) is 28.5 Å². The van der Waals surface area contributed by atoms with Gasteiger partial charge in [0.1, 0.15) is 0 Å². The third kappa shape index (κ3) is 3.67. The van der Waals surface area contributed by atoms with Crippen LogP contribution < -0.4 is 5.69 Å². The maximum Gasteiger partial charge on any atom is 0.329 e. The molecule has 0 saturated heterocycles. The number of hydrogen-bond donors (Lipinski definition) is 1. The van der Waals surface area contributed by atoms with Crippen LogP contribution in [0.2, 0.25) is 0 Å². The molecule has 0 aliphatic heterocycles. The molecular weight excluding hydrogens is 390 g/mol. The number of nitrogens with zero attached hydrogens (tertiary/aromatic N) is 3. The standard InChI is InChI=1S/C25H29N3O3/c1-5-8-18(24(29)30)14-27-20-9-6-7-10-21(20)28(25(27)31)15-19-13-26(4)22-12-16(2)11-17(3)23(19)22/h6-7,9-13,18H,5,8,14-15H2,1-4H3,(H,29,30). The summed E-state index contributed by atoms with van der Waals surface area (Å²) in [5, 5.41) is 10.8. The van der Waals surface area contributed by atoms with Gasteiger partial charge >= 0.3 is 11.7 Å². The molecule has 0 fully saturated rings. The van der Waals surface area contributed by atoms with Crippen molar-refractivity contribution in [1.82, 2.24) is 13.7 Å². The Kier molecular flexibility index (Phi) is 5.48. The minimum Gasteiger partial charge on any atom is -0.481 e. The van der Waals surface area contributed by atoms with Crippen molar-refractivity contribution in [3.63, 3.8) is 0 Å². The van der Waals surface area contributed by atoms with Gasteiger partial charge < -0.3 is 9.67 Å². The molecule has 1 atom stereocenters. The van der Waals surface area contributed by atoms with Crippen LogP contribution in [-0.4, -0.2) is 24.8 Å². The fourth-order valence-electron chi connectivity index (χ4n) is 4.76. The SMILES string of the molecule is CCCC(Cn1c(=O)n(Cc2cn(C)c3cc(C)cc(C)c23)c2ccccc21)C(=O)O. The van der Waals surface area contributed by atoms with Crippen molar-refractivity contribution in [1.29, 1.82) is 0 Å². The number of carboxylic acids is 1. The highest BCUT2D eigenvalue weighted by molar-refractivity contribution is 5.88. The molecule has 1 N–H and O–H groups in total. The molecule has 0 spiro atoms. The molecule has 4 aromatic rings. The fraction of sp³-hybridized carbons (Fsp3) is 0.360. The Labute approximate surface area is 181 Å². The largest absolute Gasteiger partial charge is 0.481 e. The zero-order chi connectivity index (χ0) is 22.3. The normalized spacial score (nSPS) is 12.6. The zero-order valence-corrected chi connectivity index (χ0v) is 18.6. The third-order valence-corrected chi connectivity index (χ3v) is 6.15. The Morgan fingerprint density at radius 3 is 2.39 bits per heavy atom. The van der Waals surface area contributed by atoms with Crippen LogP contribution >= 0.6 is 0 Å². The second-order valence-electron chi connectivity index (χ2n) is 8.53. The van der Waals surface area contributed by atoms with Crippen molar-refractivity contribution in [3.8, 4) is 0 Å². The molecule has 162 valence electrons. The highest BCUT2D eigenvalue weighted by Crippen LogP contribution is 2.27. The molecule has 2 aromatic carbocycles. The van der Waals surface area contributed by atoms with Gasteiger partial charge in [-0.2, -0.15) is 0 Å². The second kappa shape index (κ2) is 8.10. The van der Waals surface area contributed by atoms with Crippen molar-refractivity contribution in [2.75, 3.05) is 0 Å². The maximum atomic E-state index is 13.5. The van der Waals surface area contributed by atoms with Crippen LogP contribution in [0.15, 0.2) is 47.4 Å². The van der Waals surface area contributed by atoms with Gasteiger partial charge in [-0.05, 0) is 55.2 Å². The molecule has 0 amide bonds. The van der Waals surface area contributed by atoms with E-state index in [-0.39, 0.29) is 12.2 Å². The number of hydrogen-bond acceptors (Lipinski definition) is 2. The fourth-order valence-corrected chi connectivity index (χ4v) is 4.76. The number of para-hydroxylation sites is 2. The molecule has 6 nitrogen and oxygen atoms in total. The summed E-state index contributed by atoms with van der Waals surface area (Å²) >= 11 is 0. The number of aromatic nitrogens is 3. The Hall–Kier alpha value is -3.28. The highest BCUT2D eigenvalue weighted by Gasteiger charge is 2.22. The van der Waals surface area contributed by atoms with Gasteiger partial charge in [0.2, 0.25) is 0 Å². The minimum atomic E-state index is -0.856. The van der Waals surface area contributed by atoms with Crippen molar-refractivity contribution < 1.29 is 9.90 Å². The van der Waals surface area contributed by atoms with Gasteiger partial charge in [0.15, 0.2) is 0 Å². The maximum absolute atomic E-state index is 13.5. The van der Waals surface area contributed by atoms with E-state index in [1.807, 2.05) is 38.2 Å². The number of imidazole rings is 1. The molecule has 0 aliphatic carbocycles. The molecule has 0 saturated carbocycles. The van der Waals surface area contributed by atoms with Crippen LogP contribution in [0.25, 0.3) is 21.9 Å². The average molecular weight is 420 g/mol. The van der Waals surface area contributed by atoms with Crippen LogP contribution in [0.4, 0.5) is 0 Å². The summed E-state index contributed by atoms with van der Waals surface area (Å²) < 4.78 is 5.51. The van der Waals surface area contributed by atoms with Gasteiger partial charge in [0, 0.05) is 30.7 Å². The van der Waals surface area contributed by atoms with Gasteiger partial charge in [-0.3, -0.25) is 13.9 Å². The molecule has 0 aliphatic rings. The number of aryl methyl sites for hydroxylation is 3. The van der Waals surface area contributed by atoms with E-state index in [1.54, 1.807) is 9.13 Å². The van der Waals surface area contributed by atoms with Crippen molar-refractivity contribution in [2.24, 2.45) is 13.0 Å². The van der Waals surface area contributed by atoms with Gasteiger partial charge in [0.25, 0.3) is 0 Å². The summed E-state index contributed by atoms with van der Waals surface area (Å²) in [6.07, 6.45) is 3.40. The number of aliphatic carboxylic acids is 1. The number of rotatable bonds is 7. The van der Waals surface area contributed by atoms with Gasteiger partial charge in [-0.1, -0.05) is 31.5 Å². The topological polar surface area (TPSA) is 69.2 Å². The van der Waals surface area contributed by atoms with Crippen molar-refractivity contribution in [2.45, 2.75) is 46.7 Å². The molecular formula is C25H29N3O3. The number of fused-ring (bicyclic) bond motifs is 2. The Bertz CT molecular complexity index is 1340. The predicted octanol–water partition coefficient (Wildman–Crippen LogP) is 4.46. The number of carboxylic acid groups (broad SMARTS) is 1. The van der Waals surface area contributed by atoms with Crippen LogP contribution in [0.1, 0.15) is 36.5 Å². The molecule has 31 heavy (non-hydrogen) atoms. The zero-order valence-electron chi connectivity index (χ0n) is 18.6. The summed E-state index contributed by atoms with van der Waals surface area (Å²) in [5.74, 6) is -1.43. The average Bonchev–Trinajstić information content (AvgIpc) is 3.17. The number of benzene rings is 2. The lowest BCUT2D eigenvalue weighted by atomic mass is 10.0. The molecule has 0 radical (unpaired) electrons. The summed E-state index contributed by atoms with van der Waals surface area (Å²) in [7, 11) is 2.03. The monoisotopic (exact) mass is 419 g/mol. The van der Waals surface area contributed by atoms with Crippen LogP contribution in [0.3, 0.4) is 0 Å². The minimum absolute atomic E-state index is 0.162. The van der Waals surface area contributed by atoms with E-state index in [1.165, 1.54) is 16.5 Å². The van der Waals surface area contributed by atoms with Gasteiger partial charge in [-0.25, -0.2) is 4.79 Å². The Morgan fingerprint density at radius 1 is 1.06 bits per heavy atom. The Morgan fingerprint density at radius 2 is 1.74 bits per heavy atom. The van der Waals surface area contributed by atoms with Crippen LogP contribution in [-0.2, 0) is 24.9 Å². The Balaban J connectivity index is 1.85. The quantitative estimate of drug-likeness (QED) is 0.481. The van der Waals surface area contributed by atoms with Gasteiger partial charge in [-0.15, -0.1) is 0 Å². The van der Waals surface area contributed by atoms with Crippen molar-refractivity contribution in [3.05, 3.63) is 69.8 Å². The van der Waals surface area contributed by atoms with E-state index in [4.69, 9.17) is 0 Å². The van der Waals surface area contributed by atoms with Crippen LogP contribution in [0, 0.1) is 19.8 Å². The smallest absolute Gasteiger partial charge is 0.329 e. The molecule has 2 heterocycles. The lowest BCUT2D eigenvalue weighted by Gasteiger charge is -2.12. The van der Waals surface area contributed by atoms with E-state index in [2.05, 4.69) is 36.7 Å². The summed E-state index contributed by atoms with van der Waals surface area (Å²) in [6, 6.07) is 12.0. The van der Waals surface area contributed by atoms with E-state index in [0.29, 0.717) is 13.0 Å². The first kappa shape index (κ1) is 21.0. The molecule has 6 heteroatoms. The van der Waals surface area contributed by atoms with Crippen molar-refractivity contribution >= 4 is 27.9 Å². The lowest BCUT2D eigenvalue weighted by Crippen LogP contribution is -2.29. The van der Waals surface area contributed by atoms with E-state index in [9.17, 15) is 14.7 Å². The first-order valence-corrected chi connectivity index (χ1v) is 10.8. The predicted molar refractivity (Wildman–Crippen MR) is 124 cm³/mol. The summed E-state index contributed by atoms with van der Waals surface area (Å²) in [5.41, 5.74) is 6.09. The van der Waals surface area contributed by atoms with E-state index < -0.39 is 11.9 Å². The van der Waals surface area contributed by atoms with E-state index >= 15 is 0 Å².